The highest BCUT2D eigenvalue weighted by molar-refractivity contribution is 9.10. The Morgan fingerprint density at radius 3 is 2.48 bits per heavy atom. The SMILES string of the molecule is NC(=O)c1ccccc1NS(=O)(=O)c1ccc(Br)cc1Cl. The normalized spacial score (nSPS) is 11.1. The average Bonchev–Trinajstić information content (AvgIpc) is 2.37. The predicted octanol–water partition coefficient (Wildman–Crippen LogP) is 3.00. The number of rotatable bonds is 4. The van der Waals surface area contributed by atoms with Crippen molar-refractivity contribution in [3.63, 3.8) is 0 Å². The fourth-order valence-electron chi connectivity index (χ4n) is 1.68. The van der Waals surface area contributed by atoms with Gasteiger partial charge in [-0.2, -0.15) is 0 Å². The topological polar surface area (TPSA) is 89.3 Å². The molecule has 0 radical (unpaired) electrons. The molecule has 2 aromatic rings. The van der Waals surface area contributed by atoms with Crippen molar-refractivity contribution >= 4 is 49.1 Å². The molecule has 8 heteroatoms. The van der Waals surface area contributed by atoms with Crippen LogP contribution in [0.5, 0.6) is 0 Å². The number of nitrogens with two attached hydrogens (primary N) is 1. The Bertz CT molecular complexity index is 809. The smallest absolute Gasteiger partial charge is 0.263 e. The van der Waals surface area contributed by atoms with Crippen LogP contribution >= 0.6 is 27.5 Å². The summed E-state index contributed by atoms with van der Waals surface area (Å²) in [7, 11) is -3.93. The Balaban J connectivity index is 2.45. The number of hydrogen-bond acceptors (Lipinski definition) is 3. The van der Waals surface area contributed by atoms with Crippen LogP contribution < -0.4 is 10.5 Å². The second-order valence-corrected chi connectivity index (χ2v) is 7.06. The van der Waals surface area contributed by atoms with Crippen molar-refractivity contribution in [3.05, 3.63) is 57.5 Å². The van der Waals surface area contributed by atoms with Crippen LogP contribution in [0.15, 0.2) is 51.8 Å². The van der Waals surface area contributed by atoms with Gasteiger partial charge >= 0.3 is 0 Å². The number of para-hydroxylation sites is 1. The maximum atomic E-state index is 12.3. The van der Waals surface area contributed by atoms with E-state index in [1.165, 1.54) is 24.3 Å². The van der Waals surface area contributed by atoms with Crippen molar-refractivity contribution in [2.45, 2.75) is 4.90 Å². The minimum atomic E-state index is -3.93. The number of sulfonamides is 1. The number of nitrogens with one attached hydrogen (secondary N) is 1. The standard InChI is InChI=1S/C13H10BrClN2O3S/c14-8-5-6-12(10(15)7-8)21(19,20)17-11-4-2-1-3-9(11)13(16)18/h1-7,17H,(H2,16,18). The molecule has 0 aromatic heterocycles. The first-order chi connectivity index (χ1) is 9.81. The number of halogens is 2. The van der Waals surface area contributed by atoms with Gasteiger partial charge in [-0.3, -0.25) is 9.52 Å². The van der Waals surface area contributed by atoms with Gasteiger partial charge in [-0.25, -0.2) is 8.42 Å². The zero-order valence-electron chi connectivity index (χ0n) is 10.5. The summed E-state index contributed by atoms with van der Waals surface area (Å²) >= 11 is 9.14. The Morgan fingerprint density at radius 2 is 1.86 bits per heavy atom. The van der Waals surface area contributed by atoms with Crippen LogP contribution in [0.4, 0.5) is 5.69 Å². The number of primary amides is 1. The number of amides is 1. The molecule has 0 saturated carbocycles. The molecule has 0 atom stereocenters. The van der Waals surface area contributed by atoms with Gasteiger partial charge in [-0.15, -0.1) is 0 Å². The van der Waals surface area contributed by atoms with Crippen molar-refractivity contribution < 1.29 is 13.2 Å². The van der Waals surface area contributed by atoms with E-state index in [9.17, 15) is 13.2 Å². The van der Waals surface area contributed by atoms with Gasteiger partial charge in [-0.1, -0.05) is 39.7 Å². The summed E-state index contributed by atoms with van der Waals surface area (Å²) in [5, 5.41) is 0.0634. The van der Waals surface area contributed by atoms with Crippen LogP contribution in [-0.4, -0.2) is 14.3 Å². The molecular weight excluding hydrogens is 380 g/mol. The Morgan fingerprint density at radius 1 is 1.19 bits per heavy atom. The summed E-state index contributed by atoms with van der Waals surface area (Å²) in [5.74, 6) is -0.727. The quantitative estimate of drug-likeness (QED) is 0.842. The van der Waals surface area contributed by atoms with Gasteiger partial charge in [0.1, 0.15) is 4.90 Å². The Labute approximate surface area is 135 Å². The lowest BCUT2D eigenvalue weighted by molar-refractivity contribution is 0.100. The Kier molecular flexibility index (Phi) is 4.55. The summed E-state index contributed by atoms with van der Waals surface area (Å²) in [6, 6.07) is 10.4. The maximum Gasteiger partial charge on any atom is 0.263 e. The first kappa shape index (κ1) is 15.8. The van der Waals surface area contributed by atoms with Crippen molar-refractivity contribution in [1.29, 1.82) is 0 Å². The number of hydrogen-bond donors (Lipinski definition) is 2. The fraction of sp³-hybridized carbons (Fsp3) is 0. The van der Waals surface area contributed by atoms with Crippen molar-refractivity contribution in [3.8, 4) is 0 Å². The van der Waals surface area contributed by atoms with Gasteiger partial charge in [0, 0.05) is 4.47 Å². The molecule has 2 rings (SSSR count). The summed E-state index contributed by atoms with van der Waals surface area (Å²) in [4.78, 5) is 11.2. The van der Waals surface area contributed by atoms with E-state index in [2.05, 4.69) is 20.7 Å². The van der Waals surface area contributed by atoms with Crippen molar-refractivity contribution in [2.75, 3.05) is 4.72 Å². The highest BCUT2D eigenvalue weighted by atomic mass is 79.9. The summed E-state index contributed by atoms with van der Waals surface area (Å²) in [5.41, 5.74) is 5.39. The molecule has 0 aliphatic carbocycles. The van der Waals surface area contributed by atoms with Gasteiger partial charge in [0.05, 0.1) is 16.3 Å². The zero-order valence-corrected chi connectivity index (χ0v) is 13.7. The van der Waals surface area contributed by atoms with Crippen molar-refractivity contribution in [2.24, 2.45) is 5.73 Å². The molecule has 0 unspecified atom stereocenters. The molecule has 0 aliphatic rings. The lowest BCUT2D eigenvalue weighted by atomic mass is 10.2. The van der Waals surface area contributed by atoms with Crippen LogP contribution in [0.3, 0.4) is 0 Å². The average molecular weight is 390 g/mol. The molecule has 0 fully saturated rings. The first-order valence-corrected chi connectivity index (χ1v) is 8.33. The molecule has 21 heavy (non-hydrogen) atoms. The lowest BCUT2D eigenvalue weighted by Gasteiger charge is -2.12. The molecule has 0 aliphatic heterocycles. The van der Waals surface area contributed by atoms with E-state index in [4.69, 9.17) is 17.3 Å². The van der Waals surface area contributed by atoms with Crippen LogP contribution in [0.25, 0.3) is 0 Å². The third kappa shape index (κ3) is 3.55. The first-order valence-electron chi connectivity index (χ1n) is 5.68. The molecule has 1 amide bonds. The summed E-state index contributed by atoms with van der Waals surface area (Å²) < 4.78 is 27.7. The van der Waals surface area contributed by atoms with Gasteiger partial charge in [0.2, 0.25) is 0 Å². The van der Waals surface area contributed by atoms with E-state index in [0.717, 1.165) is 0 Å². The van der Waals surface area contributed by atoms with Crippen LogP contribution in [-0.2, 0) is 10.0 Å². The molecule has 5 nitrogen and oxygen atoms in total. The molecule has 0 saturated heterocycles. The number of carbonyl (C=O) groups is 1. The van der Waals surface area contributed by atoms with Gasteiger partial charge in [-0.05, 0) is 30.3 Å². The van der Waals surface area contributed by atoms with Crippen LogP contribution in [0, 0.1) is 0 Å². The third-order valence-electron chi connectivity index (χ3n) is 2.62. The molecular formula is C13H10BrClN2O3S. The highest BCUT2D eigenvalue weighted by Crippen LogP contribution is 2.27. The largest absolute Gasteiger partial charge is 0.366 e. The Hall–Kier alpha value is -1.57. The summed E-state index contributed by atoms with van der Waals surface area (Å²) in [6.07, 6.45) is 0. The number of carbonyl (C=O) groups excluding carboxylic acids is 1. The third-order valence-corrected chi connectivity index (χ3v) is 4.96. The summed E-state index contributed by atoms with van der Waals surface area (Å²) in [6.45, 7) is 0. The lowest BCUT2D eigenvalue weighted by Crippen LogP contribution is -2.18. The van der Waals surface area contributed by atoms with E-state index >= 15 is 0 Å². The second-order valence-electron chi connectivity index (χ2n) is 4.09. The fourth-order valence-corrected chi connectivity index (χ4v) is 3.80. The minimum Gasteiger partial charge on any atom is -0.366 e. The van der Waals surface area contributed by atoms with E-state index < -0.39 is 15.9 Å². The van der Waals surface area contributed by atoms with E-state index in [0.29, 0.717) is 4.47 Å². The predicted molar refractivity (Wildman–Crippen MR) is 84.9 cm³/mol. The minimum absolute atomic E-state index is 0.0634. The maximum absolute atomic E-state index is 12.3. The van der Waals surface area contributed by atoms with Gasteiger partial charge < -0.3 is 5.73 Å². The van der Waals surface area contributed by atoms with Gasteiger partial charge in [0.25, 0.3) is 15.9 Å². The van der Waals surface area contributed by atoms with Crippen molar-refractivity contribution in [1.82, 2.24) is 0 Å². The van der Waals surface area contributed by atoms with Gasteiger partial charge in [0.15, 0.2) is 0 Å². The molecule has 0 spiro atoms. The second kappa shape index (κ2) is 6.05. The molecule has 0 heterocycles. The van der Waals surface area contributed by atoms with E-state index in [-0.39, 0.29) is 21.2 Å². The number of benzene rings is 2. The molecule has 3 N–H and O–H groups in total. The molecule has 0 bridgehead atoms. The van der Waals surface area contributed by atoms with Crippen LogP contribution in [0.2, 0.25) is 5.02 Å². The number of anilines is 1. The molecule has 2 aromatic carbocycles. The van der Waals surface area contributed by atoms with E-state index in [1.807, 2.05) is 0 Å². The zero-order chi connectivity index (χ0) is 15.6. The molecule has 110 valence electrons. The van der Waals surface area contributed by atoms with Crippen LogP contribution in [0.1, 0.15) is 10.4 Å². The van der Waals surface area contributed by atoms with E-state index in [1.54, 1.807) is 18.2 Å². The highest BCUT2D eigenvalue weighted by Gasteiger charge is 2.20. The monoisotopic (exact) mass is 388 g/mol.